The third-order valence-electron chi connectivity index (χ3n) is 6.63. The molecular weight excluding hydrogens is 563 g/mol. The SMILES string of the molecule is Cc1nnc(-c2cc(Cl)ccc2F)cc1Nc1cc(NC(=O)CCN2C[C@@H](C)N(C(=O)OC(C)(C)C)[C@@H](C)C2)ncn1. The van der Waals surface area contributed by atoms with Crippen molar-refractivity contribution in [2.45, 2.75) is 65.6 Å². The molecule has 11 nitrogen and oxygen atoms in total. The fourth-order valence-corrected chi connectivity index (χ4v) is 4.96. The van der Waals surface area contributed by atoms with E-state index in [0.717, 1.165) is 0 Å². The number of amides is 2. The molecular formula is C29H36ClFN8O3. The molecule has 4 rings (SSSR count). The van der Waals surface area contributed by atoms with Gasteiger partial charge in [-0.05, 0) is 65.8 Å². The van der Waals surface area contributed by atoms with Crippen LogP contribution >= 0.6 is 11.6 Å². The second kappa shape index (κ2) is 13.0. The molecule has 2 aromatic heterocycles. The summed E-state index contributed by atoms with van der Waals surface area (Å²) < 4.78 is 19.9. The molecule has 1 aromatic carbocycles. The predicted molar refractivity (Wildman–Crippen MR) is 159 cm³/mol. The summed E-state index contributed by atoms with van der Waals surface area (Å²) in [6.45, 7) is 13.1. The number of halogens is 2. The lowest BCUT2D eigenvalue weighted by Gasteiger charge is -2.44. The summed E-state index contributed by atoms with van der Waals surface area (Å²) in [5, 5.41) is 14.6. The Morgan fingerprint density at radius 2 is 1.76 bits per heavy atom. The third-order valence-corrected chi connectivity index (χ3v) is 6.87. The number of anilines is 3. The fraction of sp³-hybridized carbons (Fsp3) is 0.448. The summed E-state index contributed by atoms with van der Waals surface area (Å²) in [4.78, 5) is 37.7. The monoisotopic (exact) mass is 598 g/mol. The highest BCUT2D eigenvalue weighted by atomic mass is 35.5. The number of carbonyl (C=O) groups is 2. The van der Waals surface area contributed by atoms with Crippen LogP contribution in [0.5, 0.6) is 0 Å². The Kier molecular flexibility index (Phi) is 9.57. The minimum atomic E-state index is -0.560. The van der Waals surface area contributed by atoms with Crippen LogP contribution in [-0.4, -0.2) is 79.3 Å². The molecule has 0 unspecified atom stereocenters. The van der Waals surface area contributed by atoms with Gasteiger partial charge in [0.2, 0.25) is 5.91 Å². The zero-order chi connectivity index (χ0) is 30.6. The molecule has 3 heterocycles. The summed E-state index contributed by atoms with van der Waals surface area (Å²) in [5.74, 6) is 0.0731. The second-order valence-corrected chi connectivity index (χ2v) is 11.8. The van der Waals surface area contributed by atoms with Gasteiger partial charge in [0, 0.05) is 54.8 Å². The van der Waals surface area contributed by atoms with Gasteiger partial charge in [0.15, 0.2) is 0 Å². The van der Waals surface area contributed by atoms with Crippen LogP contribution in [0.15, 0.2) is 36.7 Å². The summed E-state index contributed by atoms with van der Waals surface area (Å²) in [6.07, 6.45) is 1.26. The van der Waals surface area contributed by atoms with Crippen LogP contribution in [0.1, 0.15) is 46.7 Å². The second-order valence-electron chi connectivity index (χ2n) is 11.4. The molecule has 42 heavy (non-hydrogen) atoms. The van der Waals surface area contributed by atoms with Gasteiger partial charge in [0.25, 0.3) is 0 Å². The average Bonchev–Trinajstić information content (AvgIpc) is 2.89. The zero-order valence-electron chi connectivity index (χ0n) is 24.6. The number of piperazine rings is 1. The Bertz CT molecular complexity index is 1440. The van der Waals surface area contributed by atoms with Crippen LogP contribution in [0.25, 0.3) is 11.3 Å². The van der Waals surface area contributed by atoms with Gasteiger partial charge in [-0.15, -0.1) is 0 Å². The van der Waals surface area contributed by atoms with Crippen molar-refractivity contribution < 1.29 is 18.7 Å². The van der Waals surface area contributed by atoms with E-state index in [9.17, 15) is 14.0 Å². The molecule has 1 fully saturated rings. The molecule has 1 saturated heterocycles. The zero-order valence-corrected chi connectivity index (χ0v) is 25.4. The van der Waals surface area contributed by atoms with Crippen LogP contribution in [0.4, 0.5) is 26.5 Å². The molecule has 0 bridgehead atoms. The first-order valence-corrected chi connectivity index (χ1v) is 14.1. The van der Waals surface area contributed by atoms with Crippen molar-refractivity contribution in [3.8, 4) is 11.3 Å². The van der Waals surface area contributed by atoms with E-state index in [1.165, 1.54) is 24.5 Å². The summed E-state index contributed by atoms with van der Waals surface area (Å²) in [7, 11) is 0. The number of ether oxygens (including phenoxy) is 1. The Hall–Kier alpha value is -3.90. The van der Waals surface area contributed by atoms with Crippen LogP contribution in [0, 0.1) is 12.7 Å². The minimum absolute atomic E-state index is 0.0517. The Morgan fingerprint density at radius 3 is 2.45 bits per heavy atom. The van der Waals surface area contributed by atoms with E-state index in [0.29, 0.717) is 53.4 Å². The lowest BCUT2D eigenvalue weighted by Crippen LogP contribution is -2.59. The molecule has 13 heteroatoms. The molecule has 2 amide bonds. The summed E-state index contributed by atoms with van der Waals surface area (Å²) >= 11 is 6.04. The lowest BCUT2D eigenvalue weighted by atomic mass is 10.1. The van der Waals surface area contributed by atoms with Gasteiger partial charge in [-0.2, -0.15) is 10.2 Å². The van der Waals surface area contributed by atoms with Crippen molar-refractivity contribution in [1.82, 2.24) is 30.0 Å². The molecule has 0 spiro atoms. The van der Waals surface area contributed by atoms with Crippen molar-refractivity contribution in [1.29, 1.82) is 0 Å². The number of aryl methyl sites for hydroxylation is 1. The molecule has 1 aliphatic heterocycles. The van der Waals surface area contributed by atoms with Gasteiger partial charge in [0.05, 0.1) is 17.1 Å². The number of nitrogens with one attached hydrogen (secondary N) is 2. The van der Waals surface area contributed by atoms with Crippen LogP contribution in [-0.2, 0) is 9.53 Å². The molecule has 1 aliphatic rings. The van der Waals surface area contributed by atoms with E-state index in [1.54, 1.807) is 24.0 Å². The highest BCUT2D eigenvalue weighted by molar-refractivity contribution is 6.30. The molecule has 3 aromatic rings. The number of hydrogen-bond acceptors (Lipinski definition) is 9. The number of rotatable bonds is 7. The highest BCUT2D eigenvalue weighted by Gasteiger charge is 2.35. The Labute approximate surface area is 249 Å². The maximum Gasteiger partial charge on any atom is 0.410 e. The summed E-state index contributed by atoms with van der Waals surface area (Å²) in [5.41, 5.74) is 1.10. The van der Waals surface area contributed by atoms with Gasteiger partial charge < -0.3 is 20.3 Å². The maximum atomic E-state index is 14.4. The Balaban J connectivity index is 1.34. The van der Waals surface area contributed by atoms with E-state index >= 15 is 0 Å². The molecule has 0 radical (unpaired) electrons. The smallest absolute Gasteiger partial charge is 0.410 e. The topological polar surface area (TPSA) is 125 Å². The largest absolute Gasteiger partial charge is 0.444 e. The van der Waals surface area contributed by atoms with E-state index < -0.39 is 11.4 Å². The first kappa shape index (κ1) is 31.0. The molecule has 0 saturated carbocycles. The quantitative estimate of drug-likeness (QED) is 0.366. The standard InChI is InChI=1S/C29H36ClFN8O3/c1-17-14-38(15-18(2)39(17)28(41)42-29(4,5)6)10-9-27(40)35-26-13-25(32-16-33-26)34-23-12-24(37-36-19(23)3)21-11-20(30)7-8-22(21)31/h7-8,11-13,16-18H,9-10,14-15H2,1-6H3,(H2,32,33,34,35,37,40)/t17-,18+. The van der Waals surface area contributed by atoms with E-state index in [4.69, 9.17) is 16.3 Å². The fourth-order valence-electron chi connectivity index (χ4n) is 4.79. The van der Waals surface area contributed by atoms with Crippen molar-refractivity contribution >= 4 is 40.9 Å². The number of nitrogens with zero attached hydrogens (tertiary/aromatic N) is 6. The highest BCUT2D eigenvalue weighted by Crippen LogP contribution is 2.28. The van der Waals surface area contributed by atoms with Gasteiger partial charge in [-0.1, -0.05) is 11.6 Å². The number of benzene rings is 1. The molecule has 224 valence electrons. The van der Waals surface area contributed by atoms with Crippen LogP contribution in [0.2, 0.25) is 5.02 Å². The van der Waals surface area contributed by atoms with Crippen molar-refractivity contribution in [3.63, 3.8) is 0 Å². The Morgan fingerprint density at radius 1 is 1.07 bits per heavy atom. The first-order chi connectivity index (χ1) is 19.8. The van der Waals surface area contributed by atoms with Crippen LogP contribution < -0.4 is 10.6 Å². The normalized spacial score (nSPS) is 17.6. The van der Waals surface area contributed by atoms with Crippen molar-refractivity contribution in [2.24, 2.45) is 0 Å². The van der Waals surface area contributed by atoms with E-state index in [1.807, 2.05) is 34.6 Å². The predicted octanol–water partition coefficient (Wildman–Crippen LogP) is 5.44. The third kappa shape index (κ3) is 8.10. The first-order valence-electron chi connectivity index (χ1n) is 13.7. The van der Waals surface area contributed by atoms with E-state index in [2.05, 4.69) is 35.7 Å². The van der Waals surface area contributed by atoms with Gasteiger partial charge in [-0.3, -0.25) is 9.69 Å². The summed E-state index contributed by atoms with van der Waals surface area (Å²) in [6, 6.07) is 7.37. The number of hydrogen-bond donors (Lipinski definition) is 2. The van der Waals surface area contributed by atoms with Gasteiger partial charge in [-0.25, -0.2) is 19.2 Å². The van der Waals surface area contributed by atoms with Gasteiger partial charge >= 0.3 is 6.09 Å². The maximum absolute atomic E-state index is 14.4. The average molecular weight is 599 g/mol. The minimum Gasteiger partial charge on any atom is -0.444 e. The lowest BCUT2D eigenvalue weighted by molar-refractivity contribution is -0.116. The van der Waals surface area contributed by atoms with Crippen molar-refractivity contribution in [3.05, 3.63) is 53.2 Å². The van der Waals surface area contributed by atoms with Crippen molar-refractivity contribution in [2.75, 3.05) is 30.3 Å². The van der Waals surface area contributed by atoms with Crippen LogP contribution in [0.3, 0.4) is 0 Å². The number of aromatic nitrogens is 4. The molecule has 0 aliphatic carbocycles. The van der Waals surface area contributed by atoms with E-state index in [-0.39, 0.29) is 36.1 Å². The number of carbonyl (C=O) groups excluding carboxylic acids is 2. The van der Waals surface area contributed by atoms with Gasteiger partial charge in [0.1, 0.15) is 29.4 Å². The molecule has 2 atom stereocenters. The molecule has 2 N–H and O–H groups in total.